The number of carboxylic acid groups (broad SMARTS) is 2. The van der Waals surface area contributed by atoms with E-state index in [4.69, 9.17) is 14.6 Å². The molecule has 0 heterocycles. The molecule has 3 aromatic rings. The number of aliphatic carboxylic acids is 2. The van der Waals surface area contributed by atoms with Gasteiger partial charge in [-0.05, 0) is 78.3 Å². The van der Waals surface area contributed by atoms with E-state index >= 15 is 0 Å². The fraction of sp³-hybridized carbons (Fsp3) is 0.472. The van der Waals surface area contributed by atoms with Crippen LogP contribution in [0.5, 0.6) is 0 Å². The van der Waals surface area contributed by atoms with Crippen molar-refractivity contribution < 1.29 is 34.1 Å². The molecule has 0 bridgehead atoms. The van der Waals surface area contributed by atoms with Gasteiger partial charge in [0.1, 0.15) is 6.61 Å². The summed E-state index contributed by atoms with van der Waals surface area (Å²) in [4.78, 5) is 35.9. The maximum absolute atomic E-state index is 13.0. The van der Waals surface area contributed by atoms with E-state index < -0.39 is 36.7 Å². The molecule has 8 nitrogen and oxygen atoms in total. The maximum Gasteiger partial charge on any atom is 0.336 e. The number of ether oxygens (including phenoxy) is 2. The molecule has 0 aliphatic heterocycles. The summed E-state index contributed by atoms with van der Waals surface area (Å²) in [7, 11) is 0. The predicted molar refractivity (Wildman–Crippen MR) is 172 cm³/mol. The predicted octanol–water partition coefficient (Wildman–Crippen LogP) is 6.22. The number of aryl methyl sites for hydroxylation is 2. The van der Waals surface area contributed by atoms with E-state index in [0.29, 0.717) is 18.9 Å². The fourth-order valence-corrected chi connectivity index (χ4v) is 5.22. The molecule has 0 aliphatic rings. The van der Waals surface area contributed by atoms with Crippen LogP contribution in [0.25, 0.3) is 10.8 Å². The lowest BCUT2D eigenvalue weighted by atomic mass is 10.00. The average Bonchev–Trinajstić information content (AvgIpc) is 2.99. The first kappa shape index (κ1) is 34.7. The van der Waals surface area contributed by atoms with Crippen molar-refractivity contribution >= 4 is 28.6 Å². The number of hydrogen-bond donors (Lipinski definition) is 3. The Morgan fingerprint density at radius 2 is 1.34 bits per heavy atom. The van der Waals surface area contributed by atoms with E-state index in [1.807, 2.05) is 12.1 Å². The zero-order valence-electron chi connectivity index (χ0n) is 26.0. The van der Waals surface area contributed by atoms with Crippen LogP contribution in [0.3, 0.4) is 0 Å². The Balaban J connectivity index is 1.41. The molecule has 2 atom stereocenters. The van der Waals surface area contributed by atoms with Crippen LogP contribution < -0.4 is 5.32 Å². The third kappa shape index (κ3) is 12.5. The molecular weight excluding hydrogens is 558 g/mol. The Morgan fingerprint density at radius 1 is 0.705 bits per heavy atom. The average molecular weight is 606 g/mol. The van der Waals surface area contributed by atoms with Crippen LogP contribution in [0.2, 0.25) is 0 Å². The lowest BCUT2D eigenvalue weighted by Crippen LogP contribution is -2.49. The van der Waals surface area contributed by atoms with Gasteiger partial charge in [-0.25, -0.2) is 9.59 Å². The van der Waals surface area contributed by atoms with Gasteiger partial charge in [0.25, 0.3) is 5.91 Å². The first-order chi connectivity index (χ1) is 21.2. The van der Waals surface area contributed by atoms with Gasteiger partial charge in [0.2, 0.25) is 0 Å². The van der Waals surface area contributed by atoms with Crippen molar-refractivity contribution in [1.29, 1.82) is 0 Å². The molecule has 0 fully saturated rings. The number of carbonyl (C=O) groups excluding carboxylic acids is 1. The van der Waals surface area contributed by atoms with Crippen LogP contribution in [0.4, 0.5) is 0 Å². The van der Waals surface area contributed by atoms with Gasteiger partial charge in [-0.3, -0.25) is 4.79 Å². The van der Waals surface area contributed by atoms with Crippen molar-refractivity contribution in [2.45, 2.75) is 83.8 Å². The molecular formula is C36H47NO7. The third-order valence-electron chi connectivity index (χ3n) is 7.49. The lowest BCUT2D eigenvalue weighted by molar-refractivity contribution is -0.172. The van der Waals surface area contributed by atoms with Crippen molar-refractivity contribution in [1.82, 2.24) is 5.32 Å². The molecule has 0 aromatic heterocycles. The highest BCUT2D eigenvalue weighted by Gasteiger charge is 2.36. The number of unbranched alkanes of at least 4 members (excludes halogenated alkanes) is 4. The number of carboxylic acids is 2. The minimum absolute atomic E-state index is 0.164. The van der Waals surface area contributed by atoms with Crippen molar-refractivity contribution in [3.8, 4) is 0 Å². The first-order valence-electron chi connectivity index (χ1n) is 15.7. The number of benzene rings is 3. The van der Waals surface area contributed by atoms with E-state index in [0.717, 1.165) is 51.4 Å². The molecule has 3 aromatic carbocycles. The Morgan fingerprint density at radius 3 is 2.02 bits per heavy atom. The molecule has 2 unspecified atom stereocenters. The second-order valence-electron chi connectivity index (χ2n) is 11.8. The molecule has 0 radical (unpaired) electrons. The largest absolute Gasteiger partial charge is 0.480 e. The summed E-state index contributed by atoms with van der Waals surface area (Å²) in [6.07, 6.45) is 4.71. The van der Waals surface area contributed by atoms with E-state index in [1.54, 1.807) is 0 Å². The summed E-state index contributed by atoms with van der Waals surface area (Å²) in [5.41, 5.74) is 3.86. The fourth-order valence-electron chi connectivity index (χ4n) is 5.22. The molecule has 3 rings (SSSR count). The number of amides is 1. The summed E-state index contributed by atoms with van der Waals surface area (Å²) < 4.78 is 10.8. The standard InChI is InChI=1S/C36H47NO7/c1-26(2)23-29-17-15-27(16-18-29)11-6-4-10-22-43-33(34(36(41)42)44-25-32(38)39)35(40)37-21-9-3-5-12-28-19-20-30-13-7-8-14-31(30)24-28/h7-8,13-20,24,26,33-34H,3-6,9-12,21-23,25H2,1-2H3,(H,37,40)(H,38,39)(H,41,42). The topological polar surface area (TPSA) is 122 Å². The summed E-state index contributed by atoms with van der Waals surface area (Å²) >= 11 is 0. The zero-order valence-corrected chi connectivity index (χ0v) is 26.0. The molecule has 238 valence electrons. The summed E-state index contributed by atoms with van der Waals surface area (Å²) in [5.74, 6) is -2.76. The quantitative estimate of drug-likeness (QED) is 0.123. The van der Waals surface area contributed by atoms with E-state index in [1.165, 1.54) is 27.5 Å². The van der Waals surface area contributed by atoms with E-state index in [-0.39, 0.29) is 6.61 Å². The number of nitrogens with one attached hydrogen (secondary N) is 1. The molecule has 3 N–H and O–H groups in total. The van der Waals surface area contributed by atoms with Gasteiger partial charge in [-0.1, -0.05) is 93.4 Å². The number of carbonyl (C=O) groups is 3. The second kappa shape index (κ2) is 18.8. The minimum Gasteiger partial charge on any atom is -0.480 e. The molecule has 8 heteroatoms. The van der Waals surface area contributed by atoms with Gasteiger partial charge in [0, 0.05) is 13.2 Å². The van der Waals surface area contributed by atoms with Gasteiger partial charge in [-0.15, -0.1) is 0 Å². The van der Waals surface area contributed by atoms with E-state index in [9.17, 15) is 19.5 Å². The van der Waals surface area contributed by atoms with Crippen molar-refractivity contribution in [3.63, 3.8) is 0 Å². The van der Waals surface area contributed by atoms with Gasteiger partial charge in [0.15, 0.2) is 12.2 Å². The van der Waals surface area contributed by atoms with Crippen LogP contribution in [0, 0.1) is 5.92 Å². The number of fused-ring (bicyclic) bond motifs is 1. The zero-order chi connectivity index (χ0) is 31.7. The SMILES string of the molecule is CC(C)Cc1ccc(CCCCCOC(C(=O)NCCCCCc2ccc3ccccc3c2)C(OCC(=O)O)C(=O)O)cc1. The van der Waals surface area contributed by atoms with Crippen LogP contribution in [0.1, 0.15) is 69.1 Å². The van der Waals surface area contributed by atoms with Crippen molar-refractivity contribution in [3.05, 3.63) is 83.4 Å². The number of hydrogen-bond acceptors (Lipinski definition) is 5. The van der Waals surface area contributed by atoms with Gasteiger partial charge < -0.3 is 25.0 Å². The van der Waals surface area contributed by atoms with Gasteiger partial charge in [-0.2, -0.15) is 0 Å². The molecule has 1 amide bonds. The monoisotopic (exact) mass is 605 g/mol. The van der Waals surface area contributed by atoms with Gasteiger partial charge in [0.05, 0.1) is 0 Å². The Hall–Kier alpha value is -3.75. The first-order valence-corrected chi connectivity index (χ1v) is 15.7. The van der Waals surface area contributed by atoms with Gasteiger partial charge >= 0.3 is 11.9 Å². The highest BCUT2D eigenvalue weighted by atomic mass is 16.6. The second-order valence-corrected chi connectivity index (χ2v) is 11.8. The summed E-state index contributed by atoms with van der Waals surface area (Å²) in [5, 5.41) is 23.9. The summed E-state index contributed by atoms with van der Waals surface area (Å²) in [6.45, 7) is 4.09. The highest BCUT2D eigenvalue weighted by molar-refractivity contribution is 5.88. The molecule has 0 spiro atoms. The Bertz CT molecular complexity index is 1320. The lowest BCUT2D eigenvalue weighted by Gasteiger charge is -2.23. The molecule has 0 saturated carbocycles. The Labute approximate surface area is 260 Å². The highest BCUT2D eigenvalue weighted by Crippen LogP contribution is 2.18. The molecule has 0 aliphatic carbocycles. The van der Waals surface area contributed by atoms with Crippen LogP contribution >= 0.6 is 0 Å². The third-order valence-corrected chi connectivity index (χ3v) is 7.49. The van der Waals surface area contributed by atoms with Crippen LogP contribution in [-0.4, -0.2) is 60.0 Å². The van der Waals surface area contributed by atoms with Crippen LogP contribution in [-0.2, 0) is 43.1 Å². The van der Waals surface area contributed by atoms with E-state index in [2.05, 4.69) is 73.8 Å². The van der Waals surface area contributed by atoms with Crippen LogP contribution in [0.15, 0.2) is 66.7 Å². The normalized spacial score (nSPS) is 12.7. The molecule has 44 heavy (non-hydrogen) atoms. The van der Waals surface area contributed by atoms with Crippen molar-refractivity contribution in [2.24, 2.45) is 5.92 Å². The smallest absolute Gasteiger partial charge is 0.336 e. The Kier molecular flexibility index (Phi) is 14.9. The number of rotatable bonds is 21. The minimum atomic E-state index is -1.72. The van der Waals surface area contributed by atoms with Crippen molar-refractivity contribution in [2.75, 3.05) is 19.8 Å². The summed E-state index contributed by atoms with van der Waals surface area (Å²) in [6, 6.07) is 23.4. The maximum atomic E-state index is 13.0. The molecule has 0 saturated heterocycles.